The van der Waals surface area contributed by atoms with Gasteiger partial charge < -0.3 is 9.47 Å². The number of ether oxygens (including phenoxy) is 2. The summed E-state index contributed by atoms with van der Waals surface area (Å²) in [5.74, 6) is 1.37. The number of halogens is 1. The van der Waals surface area contributed by atoms with Crippen molar-refractivity contribution in [3.05, 3.63) is 35.6 Å². The van der Waals surface area contributed by atoms with Crippen LogP contribution in [0.3, 0.4) is 0 Å². The van der Waals surface area contributed by atoms with E-state index >= 15 is 0 Å². The van der Waals surface area contributed by atoms with Gasteiger partial charge >= 0.3 is 0 Å². The Morgan fingerprint density at radius 3 is 2.54 bits per heavy atom. The summed E-state index contributed by atoms with van der Waals surface area (Å²) in [4.78, 5) is 2.47. The van der Waals surface area contributed by atoms with Crippen molar-refractivity contribution < 1.29 is 13.9 Å². The summed E-state index contributed by atoms with van der Waals surface area (Å²) < 4.78 is 25.8. The molecular weight excluding hydrogens is 333 g/mol. The molecule has 5 nitrogen and oxygen atoms in total. The maximum atomic E-state index is 14.3. The molecular formula is C20H24FN3O2. The first-order valence-electron chi connectivity index (χ1n) is 9.15. The van der Waals surface area contributed by atoms with Gasteiger partial charge in [0.1, 0.15) is 17.7 Å². The van der Waals surface area contributed by atoms with Crippen LogP contribution >= 0.6 is 0 Å². The van der Waals surface area contributed by atoms with Gasteiger partial charge in [0.25, 0.3) is 0 Å². The number of piperidine rings is 3. The molecule has 1 aromatic heterocycles. The van der Waals surface area contributed by atoms with E-state index in [4.69, 9.17) is 9.47 Å². The van der Waals surface area contributed by atoms with Gasteiger partial charge in [-0.2, -0.15) is 0 Å². The topological polar surface area (TPSA) is 47.5 Å². The van der Waals surface area contributed by atoms with Crippen molar-refractivity contribution in [3.63, 3.8) is 0 Å². The maximum Gasteiger partial charge on any atom is 0.233 e. The average molecular weight is 357 g/mol. The van der Waals surface area contributed by atoms with Gasteiger partial charge in [-0.3, -0.25) is 4.90 Å². The highest BCUT2D eigenvalue weighted by Gasteiger charge is 2.41. The third kappa shape index (κ3) is 3.03. The Labute approximate surface area is 153 Å². The first-order valence-corrected chi connectivity index (χ1v) is 9.15. The van der Waals surface area contributed by atoms with Crippen LogP contribution in [0.15, 0.2) is 24.3 Å². The van der Waals surface area contributed by atoms with Crippen LogP contribution < -0.4 is 9.47 Å². The molecule has 138 valence electrons. The molecule has 0 saturated carbocycles. The molecule has 5 rings (SSSR count). The molecule has 3 saturated heterocycles. The second kappa shape index (κ2) is 6.83. The van der Waals surface area contributed by atoms with Crippen molar-refractivity contribution in [1.29, 1.82) is 0 Å². The zero-order chi connectivity index (χ0) is 18.3. The number of rotatable bonds is 4. The highest BCUT2D eigenvalue weighted by molar-refractivity contribution is 5.63. The van der Waals surface area contributed by atoms with E-state index in [0.29, 0.717) is 34.8 Å². The molecule has 0 aliphatic carbocycles. The van der Waals surface area contributed by atoms with Crippen LogP contribution in [0.1, 0.15) is 25.3 Å². The first kappa shape index (κ1) is 17.2. The Morgan fingerprint density at radius 2 is 1.92 bits per heavy atom. The number of nitrogens with zero attached hydrogens (tertiary/aromatic N) is 3. The molecule has 1 aromatic carbocycles. The fourth-order valence-electron chi connectivity index (χ4n) is 4.19. The Balaban J connectivity index is 1.54. The molecule has 0 spiro atoms. The van der Waals surface area contributed by atoms with Crippen molar-refractivity contribution in [2.45, 2.75) is 38.8 Å². The minimum atomic E-state index is -0.336. The van der Waals surface area contributed by atoms with Crippen molar-refractivity contribution in [2.75, 3.05) is 20.2 Å². The smallest absolute Gasteiger partial charge is 0.233 e. The van der Waals surface area contributed by atoms with E-state index in [0.717, 1.165) is 18.7 Å². The molecule has 2 bridgehead atoms. The molecule has 0 unspecified atom stereocenters. The fraction of sp³-hybridized carbons (Fsp3) is 0.500. The summed E-state index contributed by atoms with van der Waals surface area (Å²) in [5, 5.41) is 8.37. The Bertz CT molecular complexity index is 786. The third-order valence-electron chi connectivity index (χ3n) is 5.75. The van der Waals surface area contributed by atoms with E-state index in [2.05, 4.69) is 22.0 Å². The molecule has 4 heterocycles. The van der Waals surface area contributed by atoms with Crippen LogP contribution in [0.2, 0.25) is 0 Å². The fourth-order valence-corrected chi connectivity index (χ4v) is 4.19. The molecule has 3 aliphatic heterocycles. The van der Waals surface area contributed by atoms with Crippen LogP contribution in [0.5, 0.6) is 11.6 Å². The van der Waals surface area contributed by atoms with Gasteiger partial charge in [0, 0.05) is 17.7 Å². The molecule has 0 radical (unpaired) electrons. The largest absolute Gasteiger partial charge is 0.496 e. The number of benzene rings is 1. The summed E-state index contributed by atoms with van der Waals surface area (Å²) in [5.41, 5.74) is 1.59. The quantitative estimate of drug-likeness (QED) is 0.839. The van der Waals surface area contributed by atoms with Gasteiger partial charge in [0.05, 0.1) is 12.8 Å². The lowest BCUT2D eigenvalue weighted by atomic mass is 9.81. The summed E-state index contributed by atoms with van der Waals surface area (Å²) >= 11 is 0. The lowest BCUT2D eigenvalue weighted by Gasteiger charge is -2.48. The van der Waals surface area contributed by atoms with Crippen LogP contribution in [-0.2, 0) is 0 Å². The second-order valence-electron chi connectivity index (χ2n) is 7.25. The monoisotopic (exact) mass is 357 g/mol. The minimum Gasteiger partial charge on any atom is -0.496 e. The maximum absolute atomic E-state index is 14.3. The minimum absolute atomic E-state index is 0.147. The summed E-state index contributed by atoms with van der Waals surface area (Å²) in [6.45, 7) is 6.34. The van der Waals surface area contributed by atoms with E-state index in [1.54, 1.807) is 25.3 Å². The van der Waals surface area contributed by atoms with Gasteiger partial charge in [-0.25, -0.2) is 4.39 Å². The normalized spacial score (nSPS) is 27.4. The van der Waals surface area contributed by atoms with Gasteiger partial charge in [-0.15, -0.1) is 10.2 Å². The number of hydrogen-bond acceptors (Lipinski definition) is 5. The number of aryl methyl sites for hydroxylation is 1. The molecule has 3 aliphatic rings. The Morgan fingerprint density at radius 1 is 1.15 bits per heavy atom. The third-order valence-corrected chi connectivity index (χ3v) is 5.75. The zero-order valence-electron chi connectivity index (χ0n) is 15.4. The van der Waals surface area contributed by atoms with Crippen LogP contribution in [0, 0.1) is 18.7 Å². The number of fused-ring (bicyclic) bond motifs is 3. The standard InChI is InChI=1S/C20H24FN3O2/c1-12-10-16(21)15(11-18(12)25-3)17-4-5-19(23-22-17)26-20-13(2)24-8-6-14(20)7-9-24/h4-5,10-11,13-14,20H,6-9H2,1-3H3/t13-,20-/m0/s1. The zero-order valence-corrected chi connectivity index (χ0v) is 15.4. The van der Waals surface area contributed by atoms with Gasteiger partial charge in [0.15, 0.2) is 0 Å². The van der Waals surface area contributed by atoms with E-state index in [1.807, 2.05) is 6.92 Å². The molecule has 0 amide bonds. The summed E-state index contributed by atoms with van der Waals surface area (Å²) in [6, 6.07) is 7.03. The second-order valence-corrected chi connectivity index (χ2v) is 7.25. The molecule has 6 heteroatoms. The predicted molar refractivity (Wildman–Crippen MR) is 96.9 cm³/mol. The SMILES string of the molecule is COc1cc(-c2ccc(O[C@@H]3C4CCN(CC4)[C@H]3C)nn2)c(F)cc1C. The first-order chi connectivity index (χ1) is 12.6. The van der Waals surface area contributed by atoms with Gasteiger partial charge in [-0.1, -0.05) is 0 Å². The predicted octanol–water partition coefficient (Wildman–Crippen LogP) is 3.46. The number of methoxy groups -OCH3 is 1. The number of aromatic nitrogens is 2. The summed E-state index contributed by atoms with van der Waals surface area (Å²) in [7, 11) is 1.57. The van der Waals surface area contributed by atoms with Gasteiger partial charge in [0.2, 0.25) is 5.88 Å². The van der Waals surface area contributed by atoms with Crippen LogP contribution in [0.25, 0.3) is 11.3 Å². The molecule has 2 atom stereocenters. The lowest BCUT2D eigenvalue weighted by Crippen LogP contribution is -2.58. The lowest BCUT2D eigenvalue weighted by molar-refractivity contribution is -0.0528. The van der Waals surface area contributed by atoms with Crippen molar-refractivity contribution in [2.24, 2.45) is 5.92 Å². The number of hydrogen-bond donors (Lipinski definition) is 0. The highest BCUT2D eigenvalue weighted by Crippen LogP contribution is 2.35. The highest BCUT2D eigenvalue weighted by atomic mass is 19.1. The van der Waals surface area contributed by atoms with E-state index < -0.39 is 0 Å². The van der Waals surface area contributed by atoms with Crippen LogP contribution in [-0.4, -0.2) is 47.4 Å². The molecule has 0 N–H and O–H groups in total. The molecule has 3 fully saturated rings. The van der Waals surface area contributed by atoms with E-state index in [9.17, 15) is 4.39 Å². The van der Waals surface area contributed by atoms with E-state index in [1.165, 1.54) is 18.9 Å². The van der Waals surface area contributed by atoms with E-state index in [-0.39, 0.29) is 11.9 Å². The Hall–Kier alpha value is -2.21. The average Bonchev–Trinajstić information content (AvgIpc) is 2.66. The molecule has 2 aromatic rings. The molecule has 26 heavy (non-hydrogen) atoms. The summed E-state index contributed by atoms with van der Waals surface area (Å²) in [6.07, 6.45) is 2.50. The van der Waals surface area contributed by atoms with Crippen molar-refractivity contribution >= 4 is 0 Å². The van der Waals surface area contributed by atoms with Gasteiger partial charge in [-0.05, 0) is 69.5 Å². The Kier molecular flexibility index (Phi) is 4.53. The van der Waals surface area contributed by atoms with Crippen molar-refractivity contribution in [3.8, 4) is 22.9 Å². The van der Waals surface area contributed by atoms with Crippen LogP contribution in [0.4, 0.5) is 4.39 Å². The van der Waals surface area contributed by atoms with Crippen molar-refractivity contribution in [1.82, 2.24) is 15.1 Å².